The summed E-state index contributed by atoms with van der Waals surface area (Å²) in [4.78, 5) is 41.9. The van der Waals surface area contributed by atoms with Crippen molar-refractivity contribution in [3.63, 3.8) is 0 Å². The smallest absolute Gasteiger partial charge is 0.325 e. The van der Waals surface area contributed by atoms with Gasteiger partial charge in [-0.3, -0.25) is 4.90 Å². The molecule has 0 fully saturated rings. The Morgan fingerprint density at radius 2 is 1.82 bits per heavy atom. The Bertz CT molecular complexity index is 1270. The third-order valence-corrected chi connectivity index (χ3v) is 6.64. The van der Waals surface area contributed by atoms with Crippen LogP contribution >= 0.6 is 9.24 Å². The van der Waals surface area contributed by atoms with E-state index in [-0.39, 0.29) is 31.8 Å². The molecule has 0 spiro atoms. The summed E-state index contributed by atoms with van der Waals surface area (Å²) in [6, 6.07) is 11.5. The van der Waals surface area contributed by atoms with E-state index >= 15 is 4.39 Å². The zero-order chi connectivity index (χ0) is 29.7. The predicted octanol–water partition coefficient (Wildman–Crippen LogP) is 2.40. The van der Waals surface area contributed by atoms with Gasteiger partial charge in [-0.1, -0.05) is 30.0 Å². The fourth-order valence-corrected chi connectivity index (χ4v) is 4.58. The number of anilines is 1. The molecule has 2 rings (SSSR count). The van der Waals surface area contributed by atoms with Gasteiger partial charge in [0.1, 0.15) is 23.9 Å². The SMILES string of the molecule is CN/C=C(\C=N)N(C)CCN(C(=O)N(C)c1c(F)cc(C#Cc2ccccc2)cc1P)C(C=O)(CC=O)COC. The van der Waals surface area contributed by atoms with Gasteiger partial charge in [0, 0.05) is 71.3 Å². The van der Waals surface area contributed by atoms with E-state index in [1.807, 2.05) is 30.3 Å². The number of methoxy groups -OCH3 is 1. The number of carbonyl (C=O) groups excluding carboxylic acids is 3. The molecule has 0 radical (unpaired) electrons. The number of allylic oxidation sites excluding steroid dienone is 1. The maximum Gasteiger partial charge on any atom is 0.325 e. The molecule has 0 aliphatic heterocycles. The van der Waals surface area contributed by atoms with E-state index in [0.717, 1.165) is 16.7 Å². The van der Waals surface area contributed by atoms with Crippen LogP contribution in [-0.4, -0.2) is 88.1 Å². The van der Waals surface area contributed by atoms with E-state index in [1.165, 1.54) is 25.1 Å². The lowest BCUT2D eigenvalue weighted by Gasteiger charge is -2.41. The van der Waals surface area contributed by atoms with Crippen molar-refractivity contribution in [1.82, 2.24) is 15.1 Å². The van der Waals surface area contributed by atoms with Crippen molar-refractivity contribution < 1.29 is 23.5 Å². The van der Waals surface area contributed by atoms with Crippen LogP contribution < -0.4 is 15.5 Å². The van der Waals surface area contributed by atoms with Gasteiger partial charge in [-0.2, -0.15) is 0 Å². The molecule has 0 aliphatic carbocycles. The monoisotopic (exact) mass is 567 g/mol. The third-order valence-electron chi connectivity index (χ3n) is 6.20. The number of hydrogen-bond donors (Lipinski definition) is 2. The normalized spacial score (nSPS) is 12.3. The largest absolute Gasteiger partial charge is 0.392 e. The first-order valence-corrected chi connectivity index (χ1v) is 12.9. The summed E-state index contributed by atoms with van der Waals surface area (Å²) < 4.78 is 20.7. The number of hydrogen-bond acceptors (Lipinski definition) is 7. The summed E-state index contributed by atoms with van der Waals surface area (Å²) in [6.45, 7) is -0.0731. The molecule has 0 aliphatic rings. The van der Waals surface area contributed by atoms with Crippen LogP contribution in [0.15, 0.2) is 54.4 Å². The Morgan fingerprint density at radius 1 is 1.15 bits per heavy atom. The minimum absolute atomic E-state index is 0.0165. The number of aldehydes is 2. The molecule has 0 aromatic heterocycles. The second-order valence-corrected chi connectivity index (χ2v) is 9.58. The number of likely N-dealkylation sites (N-methyl/N-ethyl adjacent to an activating group) is 1. The maximum absolute atomic E-state index is 15.4. The highest BCUT2D eigenvalue weighted by Gasteiger charge is 2.41. The fourth-order valence-electron chi connectivity index (χ4n) is 4.07. The maximum atomic E-state index is 15.4. The lowest BCUT2D eigenvalue weighted by molar-refractivity contribution is -0.124. The molecular weight excluding hydrogens is 532 g/mol. The minimum Gasteiger partial charge on any atom is -0.392 e. The summed E-state index contributed by atoms with van der Waals surface area (Å²) in [5.41, 5.74) is 0.0792. The molecule has 0 saturated heterocycles. The second kappa shape index (κ2) is 15.5. The Hall–Kier alpha value is -4.06. The van der Waals surface area contributed by atoms with Gasteiger partial charge in [0.05, 0.1) is 18.0 Å². The van der Waals surface area contributed by atoms with Crippen LogP contribution in [0.1, 0.15) is 17.5 Å². The van der Waals surface area contributed by atoms with E-state index in [0.29, 0.717) is 29.1 Å². The third kappa shape index (κ3) is 7.98. The van der Waals surface area contributed by atoms with Crippen LogP contribution in [0, 0.1) is 23.1 Å². The quantitative estimate of drug-likeness (QED) is 0.167. The number of urea groups is 1. The van der Waals surface area contributed by atoms with Gasteiger partial charge in [-0.25, -0.2) is 9.18 Å². The summed E-state index contributed by atoms with van der Waals surface area (Å²) in [6.07, 6.45) is 3.49. The molecule has 212 valence electrons. The van der Waals surface area contributed by atoms with Crippen LogP contribution in [0.5, 0.6) is 0 Å². The number of nitrogens with zero attached hydrogens (tertiary/aromatic N) is 3. The van der Waals surface area contributed by atoms with Crippen LogP contribution in [-0.2, 0) is 14.3 Å². The highest BCUT2D eigenvalue weighted by molar-refractivity contribution is 7.28. The first kappa shape index (κ1) is 32.2. The number of carbonyl (C=O) groups is 3. The Balaban J connectivity index is 2.48. The second-order valence-electron chi connectivity index (χ2n) is 8.95. The number of halogens is 1. The van der Waals surface area contributed by atoms with Gasteiger partial charge >= 0.3 is 6.03 Å². The van der Waals surface area contributed by atoms with Crippen molar-refractivity contribution in [1.29, 1.82) is 5.41 Å². The first-order valence-electron chi connectivity index (χ1n) is 12.4. The standard InChI is InChI=1S/C29H35FN5O4P/c1-32-19-24(18-31)33(2)13-14-35(29(20-37,12-15-36)21-39-4)28(38)34(3)27-25(30)16-23(17-26(27)40)11-10-22-8-6-5-7-9-22/h5-9,15-20,31-32H,12-14,21,40H2,1-4H3/b24-19+,31-18?. The highest BCUT2D eigenvalue weighted by atomic mass is 31.0. The topological polar surface area (TPSA) is 106 Å². The Morgan fingerprint density at radius 3 is 2.38 bits per heavy atom. The van der Waals surface area contributed by atoms with Crippen molar-refractivity contribution in [2.45, 2.75) is 12.0 Å². The molecule has 9 nitrogen and oxygen atoms in total. The fraction of sp³-hybridized carbons (Fsp3) is 0.310. The average molecular weight is 568 g/mol. The molecule has 0 bridgehead atoms. The number of benzene rings is 2. The molecule has 0 heterocycles. The number of ether oxygens (including phenoxy) is 1. The van der Waals surface area contributed by atoms with Crippen LogP contribution in [0.25, 0.3) is 0 Å². The van der Waals surface area contributed by atoms with Crippen LogP contribution in [0.3, 0.4) is 0 Å². The van der Waals surface area contributed by atoms with Crippen molar-refractivity contribution in [3.8, 4) is 11.8 Å². The molecule has 11 heteroatoms. The lowest BCUT2D eigenvalue weighted by atomic mass is 9.96. The predicted molar refractivity (Wildman–Crippen MR) is 159 cm³/mol. The average Bonchev–Trinajstić information content (AvgIpc) is 2.94. The molecule has 40 heavy (non-hydrogen) atoms. The zero-order valence-electron chi connectivity index (χ0n) is 23.1. The molecule has 2 amide bonds. The van der Waals surface area contributed by atoms with Gasteiger partial charge in [0.2, 0.25) is 0 Å². The first-order chi connectivity index (χ1) is 19.2. The van der Waals surface area contributed by atoms with Crippen molar-refractivity contribution in [2.75, 3.05) is 52.8 Å². The highest BCUT2D eigenvalue weighted by Crippen LogP contribution is 2.25. The molecule has 2 N–H and O–H groups in total. The van der Waals surface area contributed by atoms with E-state index < -0.39 is 17.4 Å². The summed E-state index contributed by atoms with van der Waals surface area (Å²) in [5, 5.41) is 10.9. The van der Waals surface area contributed by atoms with E-state index in [4.69, 9.17) is 10.1 Å². The van der Waals surface area contributed by atoms with E-state index in [9.17, 15) is 14.4 Å². The Labute approximate surface area is 237 Å². The van der Waals surface area contributed by atoms with Crippen LogP contribution in [0.4, 0.5) is 14.9 Å². The van der Waals surface area contributed by atoms with Crippen molar-refractivity contribution >= 4 is 45.0 Å². The molecule has 2 unspecified atom stereocenters. The molecule has 2 aromatic carbocycles. The summed E-state index contributed by atoms with van der Waals surface area (Å²) in [7, 11) is 8.58. The van der Waals surface area contributed by atoms with Gasteiger partial charge < -0.3 is 34.9 Å². The summed E-state index contributed by atoms with van der Waals surface area (Å²) >= 11 is 0. The molecular formula is C29H35FN5O4P. The Kier molecular flexibility index (Phi) is 12.5. The lowest BCUT2D eigenvalue weighted by Crippen LogP contribution is -2.61. The zero-order valence-corrected chi connectivity index (χ0v) is 24.3. The van der Waals surface area contributed by atoms with Gasteiger partial charge in [0.25, 0.3) is 0 Å². The molecule has 0 saturated carbocycles. The molecule has 2 atom stereocenters. The minimum atomic E-state index is -1.63. The van der Waals surface area contributed by atoms with Crippen molar-refractivity contribution in [3.05, 3.63) is 71.3 Å². The van der Waals surface area contributed by atoms with E-state index in [1.54, 1.807) is 31.3 Å². The van der Waals surface area contributed by atoms with Gasteiger partial charge in [0.15, 0.2) is 0 Å². The number of rotatable bonds is 13. The van der Waals surface area contributed by atoms with E-state index in [2.05, 4.69) is 26.4 Å². The van der Waals surface area contributed by atoms with Crippen LogP contribution in [0.2, 0.25) is 0 Å². The number of nitrogens with one attached hydrogen (secondary N) is 2. The summed E-state index contributed by atoms with van der Waals surface area (Å²) in [5.74, 6) is 5.23. The van der Waals surface area contributed by atoms with Crippen molar-refractivity contribution in [2.24, 2.45) is 0 Å². The van der Waals surface area contributed by atoms with Gasteiger partial charge in [-0.15, -0.1) is 9.24 Å². The number of amides is 2. The van der Waals surface area contributed by atoms with Gasteiger partial charge in [-0.05, 0) is 29.6 Å². The molecule has 2 aromatic rings.